The number of fused-ring (bicyclic) bond motifs is 3. The molecular weight excluding hydrogens is 302 g/mol. The molecule has 0 amide bonds. The van der Waals surface area contributed by atoms with E-state index in [1.807, 2.05) is 20.8 Å². The van der Waals surface area contributed by atoms with Crippen molar-refractivity contribution in [1.82, 2.24) is 4.90 Å². The first-order valence-corrected chi connectivity index (χ1v) is 8.06. The summed E-state index contributed by atoms with van der Waals surface area (Å²) in [4.78, 5) is 15.0. The average molecular weight is 341 g/mol. The third-order valence-electron chi connectivity index (χ3n) is 4.48. The minimum atomic E-state index is -2.90. The Balaban J connectivity index is 2.10. The SMILES string of the molecule is [2H]C([2H])([2H])Oc1cc2c(cc1OC([2H])([2H])[2H])[C@H]1N(CC2)C[C@]([2H])(CC(C)(C)C)C(=O)C1([2H])[2H]. The van der Waals surface area contributed by atoms with E-state index in [1.54, 1.807) is 4.90 Å². The Morgan fingerprint density at radius 2 is 2.04 bits per heavy atom. The van der Waals surface area contributed by atoms with Crippen LogP contribution in [0, 0.1) is 11.3 Å². The van der Waals surface area contributed by atoms with E-state index in [0.717, 1.165) is 0 Å². The van der Waals surface area contributed by atoms with Crippen LogP contribution in [0.2, 0.25) is 0 Å². The van der Waals surface area contributed by atoms with Gasteiger partial charge in [0.25, 0.3) is 0 Å². The number of ether oxygens (including phenoxy) is 2. The van der Waals surface area contributed by atoms with Crippen LogP contribution in [0.1, 0.15) is 63.1 Å². The van der Waals surface area contributed by atoms with Crippen molar-refractivity contribution in [1.29, 1.82) is 0 Å². The Bertz CT molecular complexity index is 936. The lowest BCUT2D eigenvalue weighted by Gasteiger charge is -2.44. The van der Waals surface area contributed by atoms with Crippen LogP contribution in [0.3, 0.4) is 0 Å². The molecule has 2 atom stereocenters. The van der Waals surface area contributed by atoms with Crippen molar-refractivity contribution in [3.8, 4) is 11.5 Å². The van der Waals surface area contributed by atoms with Gasteiger partial charge >= 0.3 is 0 Å². The number of Topliss-reactive ketones (excluding diaryl/α,β-unsaturated/α-hetero) is 1. The molecule has 24 heavy (non-hydrogen) atoms. The molecule has 0 spiro atoms. The predicted molar refractivity (Wildman–Crippen MR) is 94.8 cm³/mol. The molecule has 3 rings (SSSR count). The highest BCUT2D eigenvalue weighted by atomic mass is 16.5. The van der Waals surface area contributed by atoms with Crippen molar-refractivity contribution in [3.05, 3.63) is 23.3 Å². The number of piperidine rings is 1. The molecule has 0 aliphatic carbocycles. The van der Waals surface area contributed by atoms with Crippen LogP contribution in [0.25, 0.3) is 0 Å². The first-order chi connectivity index (χ1) is 14.7. The Kier molecular flexibility index (Phi) is 2.46. The summed E-state index contributed by atoms with van der Waals surface area (Å²) in [5.74, 6) is -3.10. The number of carbonyl (C=O) groups excluding carboxylic acids is 1. The van der Waals surface area contributed by atoms with E-state index in [-0.39, 0.29) is 29.9 Å². The summed E-state index contributed by atoms with van der Waals surface area (Å²) >= 11 is 0. The van der Waals surface area contributed by atoms with Crippen LogP contribution in [-0.4, -0.2) is 37.8 Å². The molecule has 1 fully saturated rings. The minimum Gasteiger partial charge on any atom is -0.493 e. The molecule has 2 heterocycles. The van der Waals surface area contributed by atoms with E-state index in [1.165, 1.54) is 12.1 Å². The molecular formula is C20H29NO3. The highest BCUT2D eigenvalue weighted by Crippen LogP contribution is 2.43. The molecule has 1 aromatic carbocycles. The zero-order chi connectivity index (χ0) is 25.2. The Labute approximate surface area is 157 Å². The molecule has 0 N–H and O–H groups in total. The monoisotopic (exact) mass is 340 g/mol. The van der Waals surface area contributed by atoms with Gasteiger partial charge < -0.3 is 9.47 Å². The summed E-state index contributed by atoms with van der Waals surface area (Å²) in [5, 5.41) is 0. The lowest BCUT2D eigenvalue weighted by molar-refractivity contribution is -0.130. The van der Waals surface area contributed by atoms with Crippen LogP contribution in [0.5, 0.6) is 11.5 Å². The van der Waals surface area contributed by atoms with Gasteiger partial charge in [-0.25, -0.2) is 0 Å². The van der Waals surface area contributed by atoms with Gasteiger partial charge in [-0.2, -0.15) is 0 Å². The number of ketones is 1. The molecule has 1 aromatic rings. The Morgan fingerprint density at radius 1 is 1.33 bits per heavy atom. The molecule has 1 saturated heterocycles. The van der Waals surface area contributed by atoms with E-state index in [9.17, 15) is 4.79 Å². The molecule has 0 saturated carbocycles. The molecule has 2 aliphatic rings. The number of rotatable bonds is 3. The number of hydrogen-bond acceptors (Lipinski definition) is 4. The second-order valence-electron chi connectivity index (χ2n) is 7.64. The maximum absolute atomic E-state index is 13.3. The van der Waals surface area contributed by atoms with Gasteiger partial charge in [0.2, 0.25) is 0 Å². The fraction of sp³-hybridized carbons (Fsp3) is 0.650. The smallest absolute Gasteiger partial charge is 0.161 e. The zero-order valence-electron chi connectivity index (χ0n) is 23.2. The molecule has 0 aromatic heterocycles. The van der Waals surface area contributed by atoms with Gasteiger partial charge in [-0.3, -0.25) is 9.69 Å². The number of carbonyl (C=O) groups is 1. The fourth-order valence-electron chi connectivity index (χ4n) is 3.50. The molecule has 4 nitrogen and oxygen atoms in total. The summed E-state index contributed by atoms with van der Waals surface area (Å²) in [6.07, 6.45) is -1.86. The number of benzene rings is 1. The molecule has 2 aliphatic heterocycles. The summed E-state index contributed by atoms with van der Waals surface area (Å²) in [5.41, 5.74) is 0.504. The van der Waals surface area contributed by atoms with Crippen molar-refractivity contribution in [2.45, 2.75) is 46.0 Å². The number of nitrogens with zero attached hydrogens (tertiary/aromatic N) is 1. The van der Waals surface area contributed by atoms with Crippen LogP contribution in [0.4, 0.5) is 0 Å². The second kappa shape index (κ2) is 6.40. The van der Waals surface area contributed by atoms with Crippen LogP contribution in [-0.2, 0) is 11.2 Å². The highest BCUT2D eigenvalue weighted by Gasteiger charge is 2.39. The van der Waals surface area contributed by atoms with Crippen molar-refractivity contribution in [2.24, 2.45) is 11.3 Å². The normalized spacial score (nSPS) is 36.0. The topological polar surface area (TPSA) is 38.8 Å². The van der Waals surface area contributed by atoms with Crippen LogP contribution >= 0.6 is 0 Å². The minimum absolute atomic E-state index is 0.0374. The van der Waals surface area contributed by atoms with Crippen LogP contribution in [0.15, 0.2) is 12.1 Å². The predicted octanol–water partition coefficient (Wildman–Crippen LogP) is 3.63. The van der Waals surface area contributed by atoms with Gasteiger partial charge in [-0.1, -0.05) is 20.8 Å². The Hall–Kier alpha value is -1.55. The molecule has 0 unspecified atom stereocenters. The lowest BCUT2D eigenvalue weighted by atomic mass is 9.76. The summed E-state index contributed by atoms with van der Waals surface area (Å²) in [6, 6.07) is 1.54. The Morgan fingerprint density at radius 3 is 2.71 bits per heavy atom. The molecule has 132 valence electrons. The van der Waals surface area contributed by atoms with E-state index >= 15 is 0 Å². The van der Waals surface area contributed by atoms with Crippen molar-refractivity contribution in [3.63, 3.8) is 0 Å². The number of hydrogen-bond donors (Lipinski definition) is 0. The summed E-state index contributed by atoms with van der Waals surface area (Å²) in [6.45, 7) is 6.08. The maximum Gasteiger partial charge on any atom is 0.161 e. The standard InChI is InChI=1S/C20H29NO3/c1-20(2,3)11-14-12-21-7-6-13-8-18(23-4)19(24-5)9-15(13)16(21)10-17(14)22/h8-9,14,16H,6-7,10-12H2,1-5H3/t14-,16-/m0/s1/i4D3,5D3,10D2,14D. The van der Waals surface area contributed by atoms with Crippen LogP contribution < -0.4 is 9.47 Å². The van der Waals surface area contributed by atoms with Crippen molar-refractivity contribution >= 4 is 5.78 Å². The summed E-state index contributed by atoms with van der Waals surface area (Å²) in [7, 11) is -5.76. The van der Waals surface area contributed by atoms with Gasteiger partial charge in [-0.05, 0) is 41.5 Å². The third kappa shape index (κ3) is 3.30. The second-order valence-corrected chi connectivity index (χ2v) is 7.64. The van der Waals surface area contributed by atoms with Crippen molar-refractivity contribution in [2.75, 3.05) is 27.2 Å². The molecule has 4 heteroatoms. The third-order valence-corrected chi connectivity index (χ3v) is 4.48. The zero-order valence-corrected chi connectivity index (χ0v) is 14.2. The number of methoxy groups -OCH3 is 2. The summed E-state index contributed by atoms with van der Waals surface area (Å²) < 4.78 is 80.5. The highest BCUT2D eigenvalue weighted by molar-refractivity contribution is 5.83. The quantitative estimate of drug-likeness (QED) is 0.842. The van der Waals surface area contributed by atoms with Gasteiger partial charge in [-0.15, -0.1) is 0 Å². The van der Waals surface area contributed by atoms with Gasteiger partial charge in [0.05, 0.1) is 22.3 Å². The lowest BCUT2D eigenvalue weighted by Crippen LogP contribution is -2.47. The average Bonchev–Trinajstić information content (AvgIpc) is 2.56. The van der Waals surface area contributed by atoms with E-state index in [0.29, 0.717) is 24.1 Å². The first kappa shape index (κ1) is 9.23. The van der Waals surface area contributed by atoms with Gasteiger partial charge in [0, 0.05) is 35.5 Å². The fourth-order valence-corrected chi connectivity index (χ4v) is 3.50. The largest absolute Gasteiger partial charge is 0.493 e. The van der Waals surface area contributed by atoms with E-state index in [2.05, 4.69) is 0 Å². The molecule has 0 bridgehead atoms. The van der Waals surface area contributed by atoms with Gasteiger partial charge in [0.1, 0.15) is 5.78 Å². The first-order valence-electron chi connectivity index (χ1n) is 12.6. The van der Waals surface area contributed by atoms with Crippen molar-refractivity contribution < 1.29 is 26.6 Å². The van der Waals surface area contributed by atoms with Gasteiger partial charge in [0.15, 0.2) is 11.5 Å². The van der Waals surface area contributed by atoms with E-state index in [4.69, 9.17) is 21.8 Å². The maximum atomic E-state index is 13.3. The molecule has 0 radical (unpaired) electrons. The van der Waals surface area contributed by atoms with E-state index < -0.39 is 38.2 Å².